The van der Waals surface area contributed by atoms with E-state index < -0.39 is 17.2 Å². The molecule has 0 spiro atoms. The summed E-state index contributed by atoms with van der Waals surface area (Å²) in [7, 11) is 0. The number of carbonyl (C=O) groups is 1. The van der Waals surface area contributed by atoms with Crippen LogP contribution in [-0.2, 0) is 15.9 Å². The molecular formula is C36H32N6O3. The topological polar surface area (TPSA) is 128 Å². The number of benzene rings is 4. The zero-order chi connectivity index (χ0) is 30.9. The standard InChI is InChI=1S/C36H32N6O3/c37-29-18-10-17-28(21-29)36(26-13-6-2-7-14-26,27-15-8-3-9-16-27)35(20-19-30(22-43)45-35)42-24-40-31-32(38-23-39-33(31)42)41-34(44)25-11-4-1-5-12-25/h1-18,21,23-24,30,43H,19-20,22,37H2,(H,38,39,41,44)/t30-,35-/m0/s1. The number of aliphatic hydroxyl groups excluding tert-OH is 1. The number of hydrogen-bond donors (Lipinski definition) is 3. The highest BCUT2D eigenvalue weighted by Gasteiger charge is 2.61. The molecule has 0 radical (unpaired) electrons. The zero-order valence-electron chi connectivity index (χ0n) is 24.5. The average molecular weight is 597 g/mol. The Kier molecular flexibility index (Phi) is 7.32. The van der Waals surface area contributed by atoms with Crippen molar-refractivity contribution in [1.82, 2.24) is 19.5 Å². The van der Waals surface area contributed by atoms with Gasteiger partial charge in [-0.2, -0.15) is 0 Å². The number of imidazole rings is 1. The molecule has 4 aromatic carbocycles. The molecule has 2 atom stereocenters. The van der Waals surface area contributed by atoms with Gasteiger partial charge < -0.3 is 20.9 Å². The van der Waals surface area contributed by atoms with Gasteiger partial charge in [0.15, 0.2) is 22.7 Å². The van der Waals surface area contributed by atoms with E-state index in [9.17, 15) is 9.90 Å². The summed E-state index contributed by atoms with van der Waals surface area (Å²) in [6.07, 6.45) is 3.76. The number of nitrogens with one attached hydrogen (secondary N) is 1. The molecule has 0 bridgehead atoms. The highest BCUT2D eigenvalue weighted by molar-refractivity contribution is 6.06. The predicted molar refractivity (Wildman–Crippen MR) is 173 cm³/mol. The fourth-order valence-electron chi connectivity index (χ4n) is 6.80. The van der Waals surface area contributed by atoms with Gasteiger partial charge in [0.25, 0.3) is 5.91 Å². The van der Waals surface area contributed by atoms with Gasteiger partial charge >= 0.3 is 0 Å². The first-order valence-corrected chi connectivity index (χ1v) is 14.9. The van der Waals surface area contributed by atoms with Gasteiger partial charge in [-0.25, -0.2) is 15.0 Å². The Labute approximate surface area is 260 Å². The molecule has 6 aromatic rings. The molecule has 1 aliphatic rings. The first-order valence-electron chi connectivity index (χ1n) is 14.9. The van der Waals surface area contributed by atoms with E-state index in [-0.39, 0.29) is 18.3 Å². The van der Waals surface area contributed by atoms with Gasteiger partial charge in [0.2, 0.25) is 0 Å². The molecule has 1 aliphatic heterocycles. The van der Waals surface area contributed by atoms with Crippen LogP contribution in [-0.4, -0.2) is 43.2 Å². The normalized spacial score (nSPS) is 18.2. The van der Waals surface area contributed by atoms with Crippen LogP contribution in [0.3, 0.4) is 0 Å². The molecule has 0 saturated carbocycles. The van der Waals surface area contributed by atoms with Gasteiger partial charge in [0.1, 0.15) is 6.33 Å². The lowest BCUT2D eigenvalue weighted by atomic mass is 9.61. The molecule has 1 fully saturated rings. The molecular weight excluding hydrogens is 564 g/mol. The Morgan fingerprint density at radius 3 is 2.16 bits per heavy atom. The number of amides is 1. The number of nitrogen functional groups attached to an aromatic ring is 1. The van der Waals surface area contributed by atoms with Crippen molar-refractivity contribution in [1.29, 1.82) is 0 Å². The summed E-state index contributed by atoms with van der Waals surface area (Å²) in [5.74, 6) is -0.0200. The van der Waals surface area contributed by atoms with Crippen molar-refractivity contribution in [2.75, 3.05) is 17.7 Å². The summed E-state index contributed by atoms with van der Waals surface area (Å²) in [5, 5.41) is 13.4. The molecule has 9 nitrogen and oxygen atoms in total. The molecule has 1 amide bonds. The van der Waals surface area contributed by atoms with E-state index in [1.54, 1.807) is 30.6 Å². The maximum atomic E-state index is 13.1. The third kappa shape index (κ3) is 4.64. The van der Waals surface area contributed by atoms with E-state index in [0.29, 0.717) is 35.3 Å². The fraction of sp³-hybridized carbons (Fsp3) is 0.167. The molecule has 0 unspecified atom stereocenters. The van der Waals surface area contributed by atoms with Crippen LogP contribution in [0.1, 0.15) is 39.9 Å². The average Bonchev–Trinajstić information content (AvgIpc) is 3.73. The van der Waals surface area contributed by atoms with Crippen LogP contribution in [0.2, 0.25) is 0 Å². The minimum absolute atomic E-state index is 0.154. The summed E-state index contributed by atoms with van der Waals surface area (Å²) >= 11 is 0. The number of carbonyl (C=O) groups excluding carboxylic acids is 1. The number of nitrogens with zero attached hydrogens (tertiary/aromatic N) is 4. The first kappa shape index (κ1) is 28.4. The van der Waals surface area contributed by atoms with E-state index >= 15 is 0 Å². The van der Waals surface area contributed by atoms with E-state index in [4.69, 9.17) is 20.4 Å². The molecule has 7 rings (SSSR count). The lowest BCUT2D eigenvalue weighted by molar-refractivity contribution is -0.139. The van der Waals surface area contributed by atoms with E-state index in [1.165, 1.54) is 6.33 Å². The van der Waals surface area contributed by atoms with Gasteiger partial charge in [-0.15, -0.1) is 0 Å². The fourth-order valence-corrected chi connectivity index (χ4v) is 6.80. The van der Waals surface area contributed by atoms with Gasteiger partial charge in [-0.3, -0.25) is 9.36 Å². The molecule has 2 aromatic heterocycles. The summed E-state index contributed by atoms with van der Waals surface area (Å²) < 4.78 is 9.04. The van der Waals surface area contributed by atoms with Gasteiger partial charge in [0, 0.05) is 11.3 Å². The Bertz CT molecular complexity index is 1910. The number of anilines is 2. The van der Waals surface area contributed by atoms with Gasteiger partial charge in [-0.1, -0.05) is 91.0 Å². The summed E-state index contributed by atoms with van der Waals surface area (Å²) in [6, 6.07) is 37.2. The number of fused-ring (bicyclic) bond motifs is 1. The summed E-state index contributed by atoms with van der Waals surface area (Å²) in [4.78, 5) is 27.0. The minimum atomic E-state index is -1.18. The molecule has 1 saturated heterocycles. The van der Waals surface area contributed by atoms with Crippen molar-refractivity contribution in [3.05, 3.63) is 150 Å². The number of rotatable bonds is 8. The second-order valence-electron chi connectivity index (χ2n) is 11.2. The van der Waals surface area contributed by atoms with E-state index in [0.717, 1.165) is 16.7 Å². The Morgan fingerprint density at radius 1 is 0.889 bits per heavy atom. The lowest BCUT2D eigenvalue weighted by Crippen LogP contribution is -2.55. The quantitative estimate of drug-likeness (QED) is 0.156. The Morgan fingerprint density at radius 2 is 1.53 bits per heavy atom. The van der Waals surface area contributed by atoms with Crippen LogP contribution in [0, 0.1) is 0 Å². The van der Waals surface area contributed by atoms with Crippen molar-refractivity contribution in [2.24, 2.45) is 0 Å². The minimum Gasteiger partial charge on any atom is -0.399 e. The van der Waals surface area contributed by atoms with Crippen LogP contribution in [0.15, 0.2) is 128 Å². The smallest absolute Gasteiger partial charge is 0.256 e. The van der Waals surface area contributed by atoms with Gasteiger partial charge in [0.05, 0.1) is 24.5 Å². The van der Waals surface area contributed by atoms with E-state index in [1.807, 2.05) is 65.2 Å². The van der Waals surface area contributed by atoms with Crippen LogP contribution >= 0.6 is 0 Å². The molecule has 3 heterocycles. The summed E-state index contributed by atoms with van der Waals surface area (Å²) in [6.45, 7) is -0.154. The predicted octanol–water partition coefficient (Wildman–Crippen LogP) is 5.52. The summed E-state index contributed by atoms with van der Waals surface area (Å²) in [5.41, 5.74) is 9.15. The van der Waals surface area contributed by atoms with Crippen molar-refractivity contribution in [3.63, 3.8) is 0 Å². The highest BCUT2D eigenvalue weighted by Crippen LogP contribution is 2.57. The molecule has 9 heteroatoms. The zero-order valence-corrected chi connectivity index (χ0v) is 24.5. The number of nitrogens with two attached hydrogens (primary N) is 1. The van der Waals surface area contributed by atoms with Crippen LogP contribution < -0.4 is 11.1 Å². The monoisotopic (exact) mass is 596 g/mol. The van der Waals surface area contributed by atoms with Crippen molar-refractivity contribution >= 4 is 28.6 Å². The molecule has 224 valence electrons. The van der Waals surface area contributed by atoms with Crippen LogP contribution in [0.25, 0.3) is 11.2 Å². The SMILES string of the molecule is Nc1cccc(C(c2ccccc2)(c2ccccc2)[C@]2(n3cnc4c(NC(=O)c5ccccc5)ncnc43)CC[C@@H](CO)O2)c1. The van der Waals surface area contributed by atoms with E-state index in [2.05, 4.69) is 40.6 Å². The van der Waals surface area contributed by atoms with Crippen molar-refractivity contribution in [2.45, 2.75) is 30.1 Å². The number of ether oxygens (including phenoxy) is 1. The maximum Gasteiger partial charge on any atom is 0.256 e. The van der Waals surface area contributed by atoms with Crippen LogP contribution in [0.4, 0.5) is 11.5 Å². The van der Waals surface area contributed by atoms with Crippen molar-refractivity contribution in [3.8, 4) is 0 Å². The third-order valence-electron chi connectivity index (χ3n) is 8.68. The highest BCUT2D eigenvalue weighted by atomic mass is 16.5. The second-order valence-corrected chi connectivity index (χ2v) is 11.2. The lowest BCUT2D eigenvalue weighted by Gasteiger charge is -2.50. The number of hydrogen-bond acceptors (Lipinski definition) is 7. The Balaban J connectivity index is 1.52. The third-order valence-corrected chi connectivity index (χ3v) is 8.68. The molecule has 4 N–H and O–H groups in total. The largest absolute Gasteiger partial charge is 0.399 e. The first-order chi connectivity index (χ1) is 22.1. The van der Waals surface area contributed by atoms with Crippen molar-refractivity contribution < 1.29 is 14.6 Å². The maximum absolute atomic E-state index is 13.1. The molecule has 45 heavy (non-hydrogen) atoms. The Hall–Kier alpha value is -5.38. The second kappa shape index (κ2) is 11.6. The number of aliphatic hydroxyl groups is 1. The van der Waals surface area contributed by atoms with Crippen LogP contribution in [0.5, 0.6) is 0 Å². The molecule has 0 aliphatic carbocycles. The van der Waals surface area contributed by atoms with Gasteiger partial charge in [-0.05, 0) is 53.8 Å². The number of aromatic nitrogens is 4.